The second-order valence-electron chi connectivity index (χ2n) is 6.96. The maximum atomic E-state index is 13.0. The minimum Gasteiger partial charge on any atom is -0.495 e. The van der Waals surface area contributed by atoms with Gasteiger partial charge in [0.25, 0.3) is 0 Å². The lowest BCUT2D eigenvalue weighted by Crippen LogP contribution is -2.37. The summed E-state index contributed by atoms with van der Waals surface area (Å²) in [6, 6.07) is 10.4. The molecule has 0 aromatic heterocycles. The summed E-state index contributed by atoms with van der Waals surface area (Å²) in [7, 11) is -0.678. The van der Waals surface area contributed by atoms with Gasteiger partial charge in [0, 0.05) is 0 Å². The minimum atomic E-state index is -3.74. The van der Waals surface area contributed by atoms with Gasteiger partial charge in [0.05, 0.1) is 20.3 Å². The number of fused-ring (bicyclic) bond motifs is 1. The van der Waals surface area contributed by atoms with Crippen molar-refractivity contribution in [2.45, 2.75) is 43.5 Å². The molecule has 0 saturated heterocycles. The highest BCUT2D eigenvalue weighted by atomic mass is 32.2. The van der Waals surface area contributed by atoms with Gasteiger partial charge in [-0.1, -0.05) is 12.1 Å². The van der Waals surface area contributed by atoms with E-state index in [9.17, 15) is 8.42 Å². The molecule has 6 nitrogen and oxygen atoms in total. The number of nitrogens with one attached hydrogen (secondary N) is 1. The molecule has 0 saturated carbocycles. The van der Waals surface area contributed by atoms with E-state index < -0.39 is 16.1 Å². The molecule has 1 atom stereocenters. The Bertz CT molecular complexity index is 926. The molecule has 0 unspecified atom stereocenters. The summed E-state index contributed by atoms with van der Waals surface area (Å²) in [4.78, 5) is 0.180. The Kier molecular flexibility index (Phi) is 6.46. The number of aryl methyl sites for hydroxylation is 2. The van der Waals surface area contributed by atoms with Gasteiger partial charge in [-0.05, 0) is 68.0 Å². The van der Waals surface area contributed by atoms with Gasteiger partial charge < -0.3 is 14.2 Å². The molecule has 0 radical (unpaired) electrons. The van der Waals surface area contributed by atoms with Crippen LogP contribution in [0.3, 0.4) is 0 Å². The van der Waals surface area contributed by atoms with Crippen molar-refractivity contribution in [3.8, 4) is 17.2 Å². The first-order valence-corrected chi connectivity index (χ1v) is 10.9. The third-order valence-corrected chi connectivity index (χ3v) is 6.44. The number of ether oxygens (including phenoxy) is 3. The van der Waals surface area contributed by atoms with Gasteiger partial charge in [0.1, 0.15) is 17.3 Å². The van der Waals surface area contributed by atoms with E-state index in [1.54, 1.807) is 32.2 Å². The fourth-order valence-corrected chi connectivity index (χ4v) is 4.85. The van der Waals surface area contributed by atoms with Gasteiger partial charge in [0.2, 0.25) is 10.0 Å². The lowest BCUT2D eigenvalue weighted by Gasteiger charge is -2.21. The zero-order valence-corrected chi connectivity index (χ0v) is 17.3. The number of hydrogen-bond acceptors (Lipinski definition) is 5. The largest absolute Gasteiger partial charge is 0.495 e. The van der Waals surface area contributed by atoms with Crippen molar-refractivity contribution >= 4 is 10.0 Å². The molecule has 0 spiro atoms. The van der Waals surface area contributed by atoms with Crippen LogP contribution in [0.25, 0.3) is 0 Å². The number of rotatable bonds is 8. The Morgan fingerprint density at radius 1 is 0.964 bits per heavy atom. The molecule has 1 aliphatic carbocycles. The smallest absolute Gasteiger partial charge is 0.244 e. The zero-order chi connectivity index (χ0) is 20.1. The summed E-state index contributed by atoms with van der Waals surface area (Å²) < 4.78 is 45.0. The van der Waals surface area contributed by atoms with Gasteiger partial charge in [0.15, 0.2) is 11.5 Å². The van der Waals surface area contributed by atoms with Crippen LogP contribution in [0.4, 0.5) is 0 Å². The fraction of sp³-hybridized carbons (Fsp3) is 0.429. The zero-order valence-electron chi connectivity index (χ0n) is 16.5. The third kappa shape index (κ3) is 4.59. The molecule has 2 aromatic carbocycles. The Labute approximate surface area is 166 Å². The van der Waals surface area contributed by atoms with Crippen LogP contribution < -0.4 is 18.9 Å². The third-order valence-electron chi connectivity index (χ3n) is 4.83. The van der Waals surface area contributed by atoms with Crippen molar-refractivity contribution in [3.63, 3.8) is 0 Å². The average molecular weight is 406 g/mol. The maximum absolute atomic E-state index is 13.0. The van der Waals surface area contributed by atoms with E-state index >= 15 is 0 Å². The van der Waals surface area contributed by atoms with Crippen LogP contribution in [-0.2, 0) is 22.9 Å². The van der Waals surface area contributed by atoms with Gasteiger partial charge in [-0.2, -0.15) is 0 Å². The molecule has 2 aromatic rings. The van der Waals surface area contributed by atoms with Gasteiger partial charge >= 0.3 is 0 Å². The number of benzene rings is 2. The number of hydrogen-bond donors (Lipinski definition) is 1. The van der Waals surface area contributed by atoms with Crippen LogP contribution >= 0.6 is 0 Å². The summed E-state index contributed by atoms with van der Waals surface area (Å²) >= 11 is 0. The molecule has 0 heterocycles. The number of para-hydroxylation sites is 2. The van der Waals surface area contributed by atoms with Crippen LogP contribution in [0.1, 0.15) is 30.9 Å². The van der Waals surface area contributed by atoms with Crippen LogP contribution in [0.15, 0.2) is 41.3 Å². The van der Waals surface area contributed by atoms with Gasteiger partial charge in [-0.25, -0.2) is 13.1 Å². The molecule has 1 aliphatic rings. The SMILES string of the molecule is COc1ccccc1OC[C@H](C)NS(=O)(=O)c1cc2c(cc1OC)CCCC2. The van der Waals surface area contributed by atoms with E-state index in [0.29, 0.717) is 17.2 Å². The van der Waals surface area contributed by atoms with E-state index in [4.69, 9.17) is 14.2 Å². The van der Waals surface area contributed by atoms with Crippen molar-refractivity contribution in [2.24, 2.45) is 0 Å². The van der Waals surface area contributed by atoms with Gasteiger partial charge in [-0.3, -0.25) is 0 Å². The molecule has 0 amide bonds. The van der Waals surface area contributed by atoms with E-state index in [2.05, 4.69) is 4.72 Å². The molecule has 152 valence electrons. The first-order valence-electron chi connectivity index (χ1n) is 9.42. The Hall–Kier alpha value is -2.25. The van der Waals surface area contributed by atoms with Crippen molar-refractivity contribution in [2.75, 3.05) is 20.8 Å². The quantitative estimate of drug-likeness (QED) is 0.729. The normalized spacial score (nSPS) is 14.8. The summed E-state index contributed by atoms with van der Waals surface area (Å²) in [6.45, 7) is 1.94. The lowest BCUT2D eigenvalue weighted by atomic mass is 9.92. The lowest BCUT2D eigenvalue weighted by molar-refractivity contribution is 0.271. The van der Waals surface area contributed by atoms with E-state index in [-0.39, 0.29) is 11.5 Å². The highest BCUT2D eigenvalue weighted by molar-refractivity contribution is 7.89. The van der Waals surface area contributed by atoms with E-state index in [1.807, 2.05) is 18.2 Å². The van der Waals surface area contributed by atoms with Crippen LogP contribution in [-0.4, -0.2) is 35.3 Å². The first kappa shape index (κ1) is 20.5. The van der Waals surface area contributed by atoms with Crippen molar-refractivity contribution in [1.82, 2.24) is 4.72 Å². The maximum Gasteiger partial charge on any atom is 0.244 e. The number of methoxy groups -OCH3 is 2. The van der Waals surface area contributed by atoms with Crippen LogP contribution in [0.5, 0.6) is 17.2 Å². The monoisotopic (exact) mass is 405 g/mol. The highest BCUT2D eigenvalue weighted by Gasteiger charge is 2.25. The Balaban J connectivity index is 1.74. The topological polar surface area (TPSA) is 73.9 Å². The predicted molar refractivity (Wildman–Crippen MR) is 108 cm³/mol. The van der Waals surface area contributed by atoms with Crippen molar-refractivity contribution < 1.29 is 22.6 Å². The Morgan fingerprint density at radius 2 is 1.57 bits per heavy atom. The second-order valence-corrected chi connectivity index (χ2v) is 8.65. The van der Waals surface area contributed by atoms with Crippen LogP contribution in [0.2, 0.25) is 0 Å². The predicted octanol–water partition coefficient (Wildman–Crippen LogP) is 3.33. The fourth-order valence-electron chi connectivity index (χ4n) is 3.43. The molecule has 28 heavy (non-hydrogen) atoms. The molecular formula is C21H27NO5S. The first-order chi connectivity index (χ1) is 13.4. The minimum absolute atomic E-state index is 0.173. The Morgan fingerprint density at radius 3 is 2.21 bits per heavy atom. The molecule has 0 bridgehead atoms. The van der Waals surface area contributed by atoms with Gasteiger partial charge in [-0.15, -0.1) is 0 Å². The molecule has 0 fully saturated rings. The molecule has 7 heteroatoms. The molecule has 0 aliphatic heterocycles. The molecule has 1 N–H and O–H groups in total. The van der Waals surface area contributed by atoms with E-state index in [0.717, 1.165) is 31.2 Å². The molecular weight excluding hydrogens is 378 g/mol. The average Bonchev–Trinajstić information content (AvgIpc) is 2.71. The number of sulfonamides is 1. The highest BCUT2D eigenvalue weighted by Crippen LogP contribution is 2.32. The summed E-state index contributed by atoms with van der Waals surface area (Å²) in [5.41, 5.74) is 2.26. The van der Waals surface area contributed by atoms with E-state index in [1.165, 1.54) is 12.7 Å². The second kappa shape index (κ2) is 8.84. The summed E-state index contributed by atoms with van der Waals surface area (Å²) in [5.74, 6) is 1.56. The van der Waals surface area contributed by atoms with Crippen molar-refractivity contribution in [3.05, 3.63) is 47.5 Å². The summed E-state index contributed by atoms with van der Waals surface area (Å²) in [5, 5.41) is 0. The van der Waals surface area contributed by atoms with Crippen LogP contribution in [0, 0.1) is 0 Å². The van der Waals surface area contributed by atoms with Crippen molar-refractivity contribution in [1.29, 1.82) is 0 Å². The summed E-state index contributed by atoms with van der Waals surface area (Å²) in [6.07, 6.45) is 4.06. The molecule has 3 rings (SSSR count). The standard InChI is InChI=1S/C21H27NO5S/c1-15(14-27-19-11-7-6-10-18(19)25-2)22-28(23,24)21-13-17-9-5-4-8-16(17)12-20(21)26-3/h6-7,10-13,15,22H,4-5,8-9,14H2,1-3H3/t15-/m0/s1.